The van der Waals surface area contributed by atoms with E-state index in [9.17, 15) is 29.1 Å². The van der Waals surface area contributed by atoms with Crippen molar-refractivity contribution in [1.29, 1.82) is 0 Å². The fourth-order valence-electron chi connectivity index (χ4n) is 9.76. The van der Waals surface area contributed by atoms with Crippen molar-refractivity contribution in [3.05, 3.63) is 82.9 Å². The molecule has 284 valence electrons. The monoisotopic (exact) mass is 732 g/mol. The summed E-state index contributed by atoms with van der Waals surface area (Å²) in [4.78, 5) is 66.6. The Morgan fingerprint density at radius 2 is 1.25 bits per heavy atom. The van der Waals surface area contributed by atoms with E-state index < -0.39 is 94.2 Å². The van der Waals surface area contributed by atoms with Gasteiger partial charge in [-0.1, -0.05) is 64.1 Å². The molecule has 2 aromatic rings. The van der Waals surface area contributed by atoms with Gasteiger partial charge in [0.25, 0.3) is 0 Å². The van der Waals surface area contributed by atoms with Crippen LogP contribution in [0.3, 0.4) is 0 Å². The normalized spacial score (nSPS) is 35.5. The minimum absolute atomic E-state index is 0.196. The second-order valence-corrected chi connectivity index (χ2v) is 15.8. The fraction of sp³-hybridized carbons (Fsp3) is 0.537. The van der Waals surface area contributed by atoms with Crippen LogP contribution in [0.15, 0.2) is 71.8 Å². The number of ether oxygens (including phenoxy) is 6. The number of hydrogen-bond acceptors (Lipinski definition) is 12. The molecule has 12 nitrogen and oxygen atoms in total. The lowest BCUT2D eigenvalue weighted by Gasteiger charge is -2.65. The van der Waals surface area contributed by atoms with Gasteiger partial charge in [0.05, 0.1) is 29.3 Å². The van der Waals surface area contributed by atoms with Crippen LogP contribution in [0.25, 0.3) is 0 Å². The Labute approximate surface area is 309 Å². The van der Waals surface area contributed by atoms with Crippen LogP contribution in [0.4, 0.5) is 0 Å². The maximum Gasteiger partial charge on any atom is 0.338 e. The maximum atomic E-state index is 14.2. The summed E-state index contributed by atoms with van der Waals surface area (Å²) < 4.78 is 37.7. The summed E-state index contributed by atoms with van der Waals surface area (Å²) in [6.07, 6.45) is -6.81. The van der Waals surface area contributed by atoms with Gasteiger partial charge in [0.2, 0.25) is 0 Å². The zero-order valence-electron chi connectivity index (χ0n) is 31.4. The lowest BCUT2D eigenvalue weighted by molar-refractivity contribution is -0.261. The van der Waals surface area contributed by atoms with Crippen molar-refractivity contribution in [2.24, 2.45) is 22.2 Å². The van der Waals surface area contributed by atoms with Gasteiger partial charge in [-0.3, -0.25) is 14.4 Å². The summed E-state index contributed by atoms with van der Waals surface area (Å²) in [5.41, 5.74) is -3.76. The van der Waals surface area contributed by atoms with E-state index in [4.69, 9.17) is 28.4 Å². The molecule has 0 spiro atoms. The molecule has 3 fully saturated rings. The molecule has 2 saturated carbocycles. The molecule has 10 atom stereocenters. The molecule has 3 aliphatic carbocycles. The van der Waals surface area contributed by atoms with Gasteiger partial charge in [-0.25, -0.2) is 9.59 Å². The van der Waals surface area contributed by atoms with Crippen LogP contribution in [-0.2, 0) is 42.8 Å². The van der Waals surface area contributed by atoms with Gasteiger partial charge in [-0.15, -0.1) is 0 Å². The Morgan fingerprint density at radius 3 is 1.77 bits per heavy atom. The summed E-state index contributed by atoms with van der Waals surface area (Å²) in [7, 11) is 0. The predicted octanol–water partition coefficient (Wildman–Crippen LogP) is 5.16. The van der Waals surface area contributed by atoms with Crippen LogP contribution >= 0.6 is 0 Å². The molecule has 10 unspecified atom stereocenters. The molecule has 6 rings (SSSR count). The highest BCUT2D eigenvalue weighted by Crippen LogP contribution is 2.68. The number of benzene rings is 2. The van der Waals surface area contributed by atoms with Crippen molar-refractivity contribution in [3.63, 3.8) is 0 Å². The average molecular weight is 733 g/mol. The Hall–Kier alpha value is -4.55. The first-order valence-corrected chi connectivity index (χ1v) is 17.9. The Bertz CT molecular complexity index is 1820. The van der Waals surface area contributed by atoms with E-state index >= 15 is 0 Å². The molecule has 1 heterocycles. The molecule has 1 N–H and O–H groups in total. The molecule has 1 saturated heterocycles. The minimum atomic E-state index is -1.90. The summed E-state index contributed by atoms with van der Waals surface area (Å²) in [5, 5.41) is 13.0. The van der Waals surface area contributed by atoms with Crippen molar-refractivity contribution < 1.29 is 57.5 Å². The van der Waals surface area contributed by atoms with E-state index in [1.807, 2.05) is 20.8 Å². The number of esters is 5. The molecular formula is C41H48O12. The third-order valence-corrected chi connectivity index (χ3v) is 12.5. The zero-order valence-corrected chi connectivity index (χ0v) is 31.4. The van der Waals surface area contributed by atoms with E-state index in [0.29, 0.717) is 11.1 Å². The topological polar surface area (TPSA) is 161 Å². The Morgan fingerprint density at radius 1 is 0.717 bits per heavy atom. The molecule has 12 heteroatoms. The zero-order chi connectivity index (χ0) is 38.7. The van der Waals surface area contributed by atoms with Gasteiger partial charge in [0.1, 0.15) is 23.9 Å². The number of carbonyl (C=O) groups is 5. The van der Waals surface area contributed by atoms with E-state index in [-0.39, 0.29) is 30.6 Å². The van der Waals surface area contributed by atoms with Crippen molar-refractivity contribution >= 4 is 29.8 Å². The van der Waals surface area contributed by atoms with Crippen molar-refractivity contribution in [2.75, 3.05) is 6.61 Å². The van der Waals surface area contributed by atoms with Crippen LogP contribution in [-0.4, -0.2) is 83.8 Å². The molecular weight excluding hydrogens is 684 g/mol. The van der Waals surface area contributed by atoms with Gasteiger partial charge in [-0.05, 0) is 54.2 Å². The minimum Gasteiger partial charge on any atom is -0.459 e. The van der Waals surface area contributed by atoms with Crippen LogP contribution in [0, 0.1) is 22.2 Å². The number of aliphatic hydroxyl groups is 1. The van der Waals surface area contributed by atoms with Gasteiger partial charge >= 0.3 is 29.8 Å². The van der Waals surface area contributed by atoms with Crippen molar-refractivity contribution in [1.82, 2.24) is 0 Å². The van der Waals surface area contributed by atoms with E-state index in [1.54, 1.807) is 74.5 Å². The highest BCUT2D eigenvalue weighted by atomic mass is 16.6. The maximum absolute atomic E-state index is 14.2. The molecule has 0 aromatic heterocycles. The third-order valence-electron chi connectivity index (χ3n) is 12.5. The van der Waals surface area contributed by atoms with Crippen LogP contribution in [0.2, 0.25) is 0 Å². The van der Waals surface area contributed by atoms with Crippen LogP contribution < -0.4 is 0 Å². The Balaban J connectivity index is 1.67. The molecule has 53 heavy (non-hydrogen) atoms. The highest BCUT2D eigenvalue weighted by molar-refractivity contribution is 5.90. The van der Waals surface area contributed by atoms with Crippen LogP contribution in [0.5, 0.6) is 0 Å². The number of hydrogen-bond donors (Lipinski definition) is 1. The van der Waals surface area contributed by atoms with E-state index in [2.05, 4.69) is 0 Å². The van der Waals surface area contributed by atoms with E-state index in [0.717, 1.165) is 0 Å². The molecule has 2 aromatic carbocycles. The van der Waals surface area contributed by atoms with E-state index in [1.165, 1.54) is 20.8 Å². The first kappa shape index (κ1) is 38.2. The van der Waals surface area contributed by atoms with Crippen LogP contribution in [0.1, 0.15) is 88.9 Å². The second kappa shape index (κ2) is 13.7. The van der Waals surface area contributed by atoms with Crippen molar-refractivity contribution in [3.8, 4) is 0 Å². The standard InChI is InChI=1S/C41H48O12/c1-22-28(49-23(2)42)20-39(7)35-33-40(8,34(53-37(46)27-17-13-10-14-18-27)32(51-25(4)44)31(22)38(39,5)6)29(52-36(45)26-15-11-9-12-16-26)19-30(50-24(3)43)41(33,47)21-48-35/h9-18,28-30,32-35,47H,19-21H2,1-8H3. The number of carbonyl (C=O) groups excluding carboxylic acids is 5. The van der Waals surface area contributed by atoms with Gasteiger partial charge in [-0.2, -0.15) is 0 Å². The average Bonchev–Trinajstić information content (AvgIpc) is 3.47. The first-order chi connectivity index (χ1) is 24.9. The molecule has 0 radical (unpaired) electrons. The second-order valence-electron chi connectivity index (χ2n) is 15.8. The highest BCUT2D eigenvalue weighted by Gasteiger charge is 2.77. The molecule has 2 bridgehead atoms. The first-order valence-electron chi connectivity index (χ1n) is 17.9. The molecule has 4 aliphatic rings. The van der Waals surface area contributed by atoms with Crippen molar-refractivity contribution in [2.45, 2.75) is 110 Å². The lowest BCUT2D eigenvalue weighted by Crippen LogP contribution is -2.74. The molecule has 1 aliphatic heterocycles. The third kappa shape index (κ3) is 6.23. The SMILES string of the molecule is CC(=O)OC1CC2(C)C3OCC4(O)C(OC(C)=O)CC(OC(=O)c5ccccc5)C(C)(C(OC(=O)c5ccccc5)C(OC(C)=O)C(=C1C)C2(C)C)C34. The summed E-state index contributed by atoms with van der Waals surface area (Å²) in [6, 6.07) is 16.6. The summed E-state index contributed by atoms with van der Waals surface area (Å²) in [5.74, 6) is -4.41. The number of rotatable bonds is 7. The van der Waals surface area contributed by atoms with Gasteiger partial charge < -0.3 is 33.5 Å². The van der Waals surface area contributed by atoms with Gasteiger partial charge in [0, 0.05) is 38.5 Å². The lowest BCUT2D eigenvalue weighted by atomic mass is 9.43. The fourth-order valence-corrected chi connectivity index (χ4v) is 9.76. The summed E-state index contributed by atoms with van der Waals surface area (Å²) in [6.45, 7) is 12.9. The summed E-state index contributed by atoms with van der Waals surface area (Å²) >= 11 is 0. The smallest absolute Gasteiger partial charge is 0.338 e. The molecule has 0 amide bonds. The predicted molar refractivity (Wildman–Crippen MR) is 188 cm³/mol. The number of fused-ring (bicyclic) bond motifs is 3. The largest absolute Gasteiger partial charge is 0.459 e. The quantitative estimate of drug-likeness (QED) is 0.227. The van der Waals surface area contributed by atoms with Gasteiger partial charge in [0.15, 0.2) is 12.2 Å². The Kier molecular flexibility index (Phi) is 9.87.